The minimum atomic E-state index is 0. The van der Waals surface area contributed by atoms with Gasteiger partial charge in [-0.15, -0.1) is 24.8 Å². The van der Waals surface area contributed by atoms with Crippen molar-refractivity contribution in [3.8, 4) is 0 Å². The second kappa shape index (κ2) is 7.67. The van der Waals surface area contributed by atoms with Crippen LogP contribution in [0.25, 0.3) is 0 Å². The van der Waals surface area contributed by atoms with Crippen molar-refractivity contribution in [2.75, 3.05) is 18.0 Å². The van der Waals surface area contributed by atoms with E-state index in [2.05, 4.69) is 28.1 Å². The van der Waals surface area contributed by atoms with E-state index in [1.807, 2.05) is 12.4 Å². The van der Waals surface area contributed by atoms with Crippen molar-refractivity contribution >= 4 is 30.6 Å². The van der Waals surface area contributed by atoms with Gasteiger partial charge in [-0.2, -0.15) is 0 Å². The topological polar surface area (TPSA) is 67.9 Å². The van der Waals surface area contributed by atoms with Crippen molar-refractivity contribution in [3.63, 3.8) is 0 Å². The number of nitrogens with two attached hydrogens (primary N) is 1. The number of rotatable bonds is 4. The fraction of sp³-hybridized carbons (Fsp3) is 0.526. The molecule has 2 N–H and O–H groups in total. The van der Waals surface area contributed by atoms with Crippen LogP contribution in [0.5, 0.6) is 0 Å². The zero-order valence-electron chi connectivity index (χ0n) is 14.6. The standard InChI is InChI=1S/C19H23N5.2ClH/c20-16-7-14(8-16)17-9-18(23-19(22-17)13-1-2-13)24-10-15(11-24)12-3-5-21-6-4-12;;/h3-6,9,13-16H,1-2,7-8,10-11,20H2;2*1H. The van der Waals surface area contributed by atoms with Gasteiger partial charge < -0.3 is 10.6 Å². The van der Waals surface area contributed by atoms with Crippen LogP contribution >= 0.6 is 24.8 Å². The Hall–Kier alpha value is -1.43. The summed E-state index contributed by atoms with van der Waals surface area (Å²) in [7, 11) is 0. The Morgan fingerprint density at radius 2 is 1.62 bits per heavy atom. The van der Waals surface area contributed by atoms with Crippen molar-refractivity contribution in [1.82, 2.24) is 15.0 Å². The highest BCUT2D eigenvalue weighted by atomic mass is 35.5. The highest BCUT2D eigenvalue weighted by Crippen LogP contribution is 2.42. The normalized spacial score (nSPS) is 24.7. The lowest BCUT2D eigenvalue weighted by Crippen LogP contribution is -2.45. The molecule has 0 bridgehead atoms. The van der Waals surface area contributed by atoms with Gasteiger partial charge in [0.15, 0.2) is 0 Å². The molecule has 1 saturated heterocycles. The van der Waals surface area contributed by atoms with Gasteiger partial charge in [-0.3, -0.25) is 4.98 Å². The SMILES string of the molecule is Cl.Cl.NC1CC(c2cc(N3CC(c4ccncc4)C3)nc(C3CC3)n2)C1. The summed E-state index contributed by atoms with van der Waals surface area (Å²) in [4.78, 5) is 16.2. The molecule has 0 unspecified atom stereocenters. The highest BCUT2D eigenvalue weighted by molar-refractivity contribution is 5.85. The lowest BCUT2D eigenvalue weighted by Gasteiger charge is -2.41. The third-order valence-electron chi connectivity index (χ3n) is 5.67. The van der Waals surface area contributed by atoms with E-state index in [1.165, 1.54) is 24.1 Å². The molecule has 0 amide bonds. The fourth-order valence-corrected chi connectivity index (χ4v) is 3.78. The van der Waals surface area contributed by atoms with Crippen molar-refractivity contribution in [2.45, 2.75) is 49.5 Å². The second-order valence-electron chi connectivity index (χ2n) is 7.59. The molecule has 2 aromatic heterocycles. The average Bonchev–Trinajstić information content (AvgIpc) is 3.36. The number of anilines is 1. The Labute approximate surface area is 166 Å². The van der Waals surface area contributed by atoms with Gasteiger partial charge in [0.1, 0.15) is 11.6 Å². The number of aromatic nitrogens is 3. The molecule has 3 fully saturated rings. The summed E-state index contributed by atoms with van der Waals surface area (Å²) >= 11 is 0. The number of hydrogen-bond donors (Lipinski definition) is 1. The Morgan fingerprint density at radius 1 is 0.923 bits per heavy atom. The van der Waals surface area contributed by atoms with Crippen LogP contribution in [0, 0.1) is 0 Å². The lowest BCUT2D eigenvalue weighted by molar-refractivity contribution is 0.344. The molecule has 2 saturated carbocycles. The molecule has 26 heavy (non-hydrogen) atoms. The molecule has 2 aromatic rings. The summed E-state index contributed by atoms with van der Waals surface area (Å²) in [6.07, 6.45) is 8.39. The minimum Gasteiger partial charge on any atom is -0.355 e. The molecule has 2 aliphatic carbocycles. The van der Waals surface area contributed by atoms with Gasteiger partial charge in [0.25, 0.3) is 0 Å². The van der Waals surface area contributed by atoms with E-state index in [4.69, 9.17) is 15.7 Å². The lowest BCUT2D eigenvalue weighted by atomic mass is 9.78. The largest absolute Gasteiger partial charge is 0.355 e. The van der Waals surface area contributed by atoms with Gasteiger partial charge in [-0.1, -0.05) is 0 Å². The van der Waals surface area contributed by atoms with E-state index >= 15 is 0 Å². The van der Waals surface area contributed by atoms with Gasteiger partial charge in [-0.25, -0.2) is 9.97 Å². The van der Waals surface area contributed by atoms with E-state index in [1.54, 1.807) is 0 Å². The van der Waals surface area contributed by atoms with Crippen LogP contribution in [-0.2, 0) is 0 Å². The quantitative estimate of drug-likeness (QED) is 0.861. The molecule has 0 aromatic carbocycles. The van der Waals surface area contributed by atoms with Gasteiger partial charge in [0, 0.05) is 61.0 Å². The van der Waals surface area contributed by atoms with Gasteiger partial charge in [0.05, 0.1) is 0 Å². The van der Waals surface area contributed by atoms with E-state index < -0.39 is 0 Å². The van der Waals surface area contributed by atoms with E-state index in [0.717, 1.165) is 37.6 Å². The summed E-state index contributed by atoms with van der Waals surface area (Å²) in [5.41, 5.74) is 8.57. The Morgan fingerprint density at radius 3 is 2.23 bits per heavy atom. The second-order valence-corrected chi connectivity index (χ2v) is 7.59. The van der Waals surface area contributed by atoms with Crippen LogP contribution in [0.3, 0.4) is 0 Å². The molecule has 0 radical (unpaired) electrons. The van der Waals surface area contributed by atoms with Crippen LogP contribution in [0.15, 0.2) is 30.6 Å². The predicted octanol–water partition coefficient (Wildman–Crippen LogP) is 3.40. The molecule has 140 valence electrons. The predicted molar refractivity (Wildman–Crippen MR) is 108 cm³/mol. The average molecular weight is 394 g/mol. The monoisotopic (exact) mass is 393 g/mol. The summed E-state index contributed by atoms with van der Waals surface area (Å²) in [6, 6.07) is 6.82. The Balaban J connectivity index is 0.000000980. The molecule has 5 rings (SSSR count). The molecule has 0 spiro atoms. The van der Waals surface area contributed by atoms with Crippen LogP contribution in [0.4, 0.5) is 5.82 Å². The van der Waals surface area contributed by atoms with Crippen molar-refractivity contribution < 1.29 is 0 Å². The molecule has 1 aliphatic heterocycles. The molecule has 0 atom stereocenters. The summed E-state index contributed by atoms with van der Waals surface area (Å²) in [6.45, 7) is 2.07. The summed E-state index contributed by atoms with van der Waals surface area (Å²) < 4.78 is 0. The molecule has 3 heterocycles. The molecule has 7 heteroatoms. The van der Waals surface area contributed by atoms with E-state index in [0.29, 0.717) is 23.8 Å². The zero-order chi connectivity index (χ0) is 16.1. The van der Waals surface area contributed by atoms with Crippen molar-refractivity contribution in [2.24, 2.45) is 5.73 Å². The Kier molecular flexibility index (Phi) is 5.70. The van der Waals surface area contributed by atoms with E-state index in [9.17, 15) is 0 Å². The molecule has 5 nitrogen and oxygen atoms in total. The minimum absolute atomic E-state index is 0. The zero-order valence-corrected chi connectivity index (χ0v) is 16.3. The van der Waals surface area contributed by atoms with Crippen LogP contribution in [0.1, 0.15) is 60.5 Å². The van der Waals surface area contributed by atoms with Crippen LogP contribution < -0.4 is 10.6 Å². The summed E-state index contributed by atoms with van der Waals surface area (Å²) in [5.74, 6) is 3.90. The molecular weight excluding hydrogens is 369 g/mol. The third kappa shape index (κ3) is 3.66. The first-order valence-electron chi connectivity index (χ1n) is 9.05. The molecule has 3 aliphatic rings. The first-order chi connectivity index (χ1) is 11.8. The molecular formula is C19H25Cl2N5. The first-order valence-corrected chi connectivity index (χ1v) is 9.05. The van der Waals surface area contributed by atoms with Gasteiger partial charge >= 0.3 is 0 Å². The van der Waals surface area contributed by atoms with Crippen molar-refractivity contribution in [3.05, 3.63) is 47.7 Å². The maximum Gasteiger partial charge on any atom is 0.134 e. The van der Waals surface area contributed by atoms with Crippen molar-refractivity contribution in [1.29, 1.82) is 0 Å². The van der Waals surface area contributed by atoms with Crippen LogP contribution in [-0.4, -0.2) is 34.1 Å². The number of halogens is 2. The van der Waals surface area contributed by atoms with Crippen LogP contribution in [0.2, 0.25) is 0 Å². The number of pyridine rings is 1. The smallest absolute Gasteiger partial charge is 0.134 e. The first kappa shape index (κ1) is 19.3. The highest BCUT2D eigenvalue weighted by Gasteiger charge is 2.35. The number of nitrogens with zero attached hydrogens (tertiary/aromatic N) is 4. The third-order valence-corrected chi connectivity index (χ3v) is 5.67. The maximum absolute atomic E-state index is 5.98. The van der Waals surface area contributed by atoms with Gasteiger partial charge in [-0.05, 0) is 43.4 Å². The Bertz CT molecular complexity index is 741. The number of hydrogen-bond acceptors (Lipinski definition) is 5. The van der Waals surface area contributed by atoms with E-state index in [-0.39, 0.29) is 24.8 Å². The van der Waals surface area contributed by atoms with Gasteiger partial charge in [0.2, 0.25) is 0 Å². The fourth-order valence-electron chi connectivity index (χ4n) is 3.78. The summed E-state index contributed by atoms with van der Waals surface area (Å²) in [5, 5.41) is 0. The maximum atomic E-state index is 5.98.